The second kappa shape index (κ2) is 6.61. The van der Waals surface area contributed by atoms with Gasteiger partial charge in [-0.3, -0.25) is 4.79 Å². The molecule has 1 aliphatic heterocycles. The first-order valence-electron chi connectivity index (χ1n) is 6.65. The molecule has 0 aliphatic carbocycles. The van der Waals surface area contributed by atoms with Crippen LogP contribution in [0.1, 0.15) is 18.4 Å². The van der Waals surface area contributed by atoms with Gasteiger partial charge in [0.15, 0.2) is 0 Å². The summed E-state index contributed by atoms with van der Waals surface area (Å²) in [6.07, 6.45) is 2.09. The Balaban J connectivity index is 1.81. The fourth-order valence-electron chi connectivity index (χ4n) is 2.17. The van der Waals surface area contributed by atoms with Gasteiger partial charge in [-0.25, -0.2) is 4.79 Å². The number of anilines is 1. The van der Waals surface area contributed by atoms with E-state index in [0.29, 0.717) is 10.7 Å². The van der Waals surface area contributed by atoms with E-state index in [9.17, 15) is 9.59 Å². The standard InChI is InChI=1S/C14H18ClN3O2/c1-10-8-11(15)4-5-12(10)17-14(20)16-9-13(19)18-6-2-3-7-18/h4-5,8H,2-3,6-7,9H2,1H3,(H2,16,17,20). The van der Waals surface area contributed by atoms with E-state index in [1.165, 1.54) is 0 Å². The first-order valence-corrected chi connectivity index (χ1v) is 7.03. The molecule has 0 radical (unpaired) electrons. The predicted octanol–water partition coefficient (Wildman–Crippen LogP) is 2.39. The summed E-state index contributed by atoms with van der Waals surface area (Å²) in [6.45, 7) is 3.46. The van der Waals surface area contributed by atoms with Crippen molar-refractivity contribution in [2.45, 2.75) is 19.8 Å². The predicted molar refractivity (Wildman–Crippen MR) is 79.0 cm³/mol. The second-order valence-corrected chi connectivity index (χ2v) is 5.29. The first kappa shape index (κ1) is 14.7. The quantitative estimate of drug-likeness (QED) is 0.899. The van der Waals surface area contributed by atoms with Gasteiger partial charge in [-0.1, -0.05) is 11.6 Å². The molecule has 0 saturated carbocycles. The van der Waals surface area contributed by atoms with Gasteiger partial charge in [0, 0.05) is 23.8 Å². The highest BCUT2D eigenvalue weighted by atomic mass is 35.5. The first-order chi connectivity index (χ1) is 9.56. The van der Waals surface area contributed by atoms with Crippen LogP contribution in [0.4, 0.5) is 10.5 Å². The molecule has 5 nitrogen and oxygen atoms in total. The Morgan fingerprint density at radius 3 is 2.65 bits per heavy atom. The topological polar surface area (TPSA) is 61.4 Å². The van der Waals surface area contributed by atoms with Crippen molar-refractivity contribution in [3.05, 3.63) is 28.8 Å². The minimum absolute atomic E-state index is 0.0263. The van der Waals surface area contributed by atoms with Crippen molar-refractivity contribution in [3.8, 4) is 0 Å². The summed E-state index contributed by atoms with van der Waals surface area (Å²) in [5.74, 6) is -0.0366. The Hall–Kier alpha value is -1.75. The molecule has 1 heterocycles. The fourth-order valence-corrected chi connectivity index (χ4v) is 2.39. The number of carbonyl (C=O) groups is 2. The average molecular weight is 296 g/mol. The van der Waals surface area contributed by atoms with Crippen LogP contribution in [-0.2, 0) is 4.79 Å². The number of likely N-dealkylation sites (tertiary alicyclic amines) is 1. The molecule has 0 unspecified atom stereocenters. The summed E-state index contributed by atoms with van der Waals surface area (Å²) in [5.41, 5.74) is 1.55. The summed E-state index contributed by atoms with van der Waals surface area (Å²) in [6, 6.07) is 4.83. The van der Waals surface area contributed by atoms with Crippen LogP contribution >= 0.6 is 11.6 Å². The Bertz CT molecular complexity index is 513. The fraction of sp³-hybridized carbons (Fsp3) is 0.429. The summed E-state index contributed by atoms with van der Waals surface area (Å²) < 4.78 is 0. The van der Waals surface area contributed by atoms with E-state index in [-0.39, 0.29) is 18.5 Å². The highest BCUT2D eigenvalue weighted by Crippen LogP contribution is 2.19. The Morgan fingerprint density at radius 1 is 1.30 bits per heavy atom. The van der Waals surface area contributed by atoms with Crippen molar-refractivity contribution in [1.82, 2.24) is 10.2 Å². The average Bonchev–Trinajstić information content (AvgIpc) is 2.93. The largest absolute Gasteiger partial charge is 0.341 e. The summed E-state index contributed by atoms with van der Waals surface area (Å²) in [5, 5.41) is 5.90. The normalized spacial score (nSPS) is 14.2. The number of nitrogens with zero attached hydrogens (tertiary/aromatic N) is 1. The Labute approximate surface area is 123 Å². The molecule has 0 aromatic heterocycles. The maximum atomic E-state index is 11.8. The number of nitrogens with one attached hydrogen (secondary N) is 2. The highest BCUT2D eigenvalue weighted by molar-refractivity contribution is 6.30. The number of hydrogen-bond acceptors (Lipinski definition) is 2. The molecule has 0 spiro atoms. The number of hydrogen-bond donors (Lipinski definition) is 2. The van der Waals surface area contributed by atoms with Gasteiger partial charge in [-0.2, -0.15) is 0 Å². The molecule has 0 bridgehead atoms. The van der Waals surface area contributed by atoms with Gasteiger partial charge in [-0.05, 0) is 43.5 Å². The van der Waals surface area contributed by atoms with Crippen molar-refractivity contribution < 1.29 is 9.59 Å². The lowest BCUT2D eigenvalue weighted by molar-refractivity contribution is -0.128. The maximum Gasteiger partial charge on any atom is 0.319 e. The third-order valence-electron chi connectivity index (χ3n) is 3.30. The third kappa shape index (κ3) is 3.87. The molecule has 6 heteroatoms. The molecule has 1 saturated heterocycles. The number of urea groups is 1. The number of aryl methyl sites for hydroxylation is 1. The molecule has 2 rings (SSSR count). The molecule has 20 heavy (non-hydrogen) atoms. The number of rotatable bonds is 3. The van der Waals surface area contributed by atoms with Gasteiger partial charge in [0.25, 0.3) is 0 Å². The summed E-state index contributed by atoms with van der Waals surface area (Å²) >= 11 is 5.85. The molecule has 1 aromatic carbocycles. The number of carbonyl (C=O) groups excluding carboxylic acids is 2. The number of halogens is 1. The van der Waals surface area contributed by atoms with Crippen LogP contribution in [0.3, 0.4) is 0 Å². The molecule has 1 aliphatic rings. The zero-order chi connectivity index (χ0) is 14.5. The number of amides is 3. The lowest BCUT2D eigenvalue weighted by Crippen LogP contribution is -2.40. The molecule has 0 atom stereocenters. The van der Waals surface area contributed by atoms with Gasteiger partial charge in [-0.15, -0.1) is 0 Å². The Kier molecular flexibility index (Phi) is 4.84. The van der Waals surface area contributed by atoms with Gasteiger partial charge < -0.3 is 15.5 Å². The molecule has 3 amide bonds. The van der Waals surface area contributed by atoms with Crippen LogP contribution in [0.25, 0.3) is 0 Å². The van der Waals surface area contributed by atoms with E-state index in [4.69, 9.17) is 11.6 Å². The molecule has 2 N–H and O–H groups in total. The van der Waals surface area contributed by atoms with Crippen molar-refractivity contribution in [1.29, 1.82) is 0 Å². The van der Waals surface area contributed by atoms with Crippen molar-refractivity contribution >= 4 is 29.2 Å². The van der Waals surface area contributed by atoms with Crippen LogP contribution in [0, 0.1) is 6.92 Å². The van der Waals surface area contributed by atoms with E-state index in [1.807, 2.05) is 6.92 Å². The van der Waals surface area contributed by atoms with E-state index in [2.05, 4.69) is 10.6 Å². The molecule has 108 valence electrons. The van der Waals surface area contributed by atoms with Crippen molar-refractivity contribution in [3.63, 3.8) is 0 Å². The van der Waals surface area contributed by atoms with E-state index >= 15 is 0 Å². The zero-order valence-corrected chi connectivity index (χ0v) is 12.2. The van der Waals surface area contributed by atoms with Crippen molar-refractivity contribution in [2.75, 3.05) is 25.0 Å². The zero-order valence-electron chi connectivity index (χ0n) is 11.4. The van der Waals surface area contributed by atoms with E-state index in [0.717, 1.165) is 31.5 Å². The maximum absolute atomic E-state index is 11.8. The van der Waals surface area contributed by atoms with Crippen LogP contribution in [0.15, 0.2) is 18.2 Å². The Morgan fingerprint density at radius 2 is 2.00 bits per heavy atom. The molecular formula is C14H18ClN3O2. The van der Waals surface area contributed by atoms with Crippen molar-refractivity contribution in [2.24, 2.45) is 0 Å². The second-order valence-electron chi connectivity index (χ2n) is 4.85. The smallest absolute Gasteiger partial charge is 0.319 e. The van der Waals surface area contributed by atoms with Crippen LogP contribution < -0.4 is 10.6 Å². The van der Waals surface area contributed by atoms with Gasteiger partial charge in [0.2, 0.25) is 5.91 Å². The van der Waals surface area contributed by atoms with Gasteiger partial charge in [0.05, 0.1) is 6.54 Å². The SMILES string of the molecule is Cc1cc(Cl)ccc1NC(=O)NCC(=O)N1CCCC1. The monoisotopic (exact) mass is 295 g/mol. The lowest BCUT2D eigenvalue weighted by atomic mass is 10.2. The molecule has 1 aromatic rings. The minimum atomic E-state index is -0.386. The molecule has 1 fully saturated rings. The third-order valence-corrected chi connectivity index (χ3v) is 3.53. The molecular weight excluding hydrogens is 278 g/mol. The van der Waals surface area contributed by atoms with Gasteiger partial charge >= 0.3 is 6.03 Å². The van der Waals surface area contributed by atoms with E-state index < -0.39 is 0 Å². The lowest BCUT2D eigenvalue weighted by Gasteiger charge is -2.16. The highest BCUT2D eigenvalue weighted by Gasteiger charge is 2.18. The number of benzene rings is 1. The minimum Gasteiger partial charge on any atom is -0.341 e. The van der Waals surface area contributed by atoms with E-state index in [1.54, 1.807) is 23.1 Å². The van der Waals surface area contributed by atoms with Crippen LogP contribution in [0.5, 0.6) is 0 Å². The summed E-state index contributed by atoms with van der Waals surface area (Å²) in [7, 11) is 0. The summed E-state index contributed by atoms with van der Waals surface area (Å²) in [4.78, 5) is 25.3. The van der Waals surface area contributed by atoms with Crippen LogP contribution in [-0.4, -0.2) is 36.5 Å². The van der Waals surface area contributed by atoms with Crippen LogP contribution in [0.2, 0.25) is 5.02 Å². The van der Waals surface area contributed by atoms with Gasteiger partial charge in [0.1, 0.15) is 0 Å².